The maximum Gasteiger partial charge on any atom is 0.338 e. The fourth-order valence-electron chi connectivity index (χ4n) is 12.7. The number of carbonyl (C=O) groups is 12. The smallest absolute Gasteiger partial charge is 0.338 e. The number of aliphatic hydroxyl groups is 1. The lowest BCUT2D eigenvalue weighted by molar-refractivity contribution is -0.157. The van der Waals surface area contributed by atoms with E-state index in [1.165, 1.54) is 87.7 Å². The topological polar surface area (TPSA) is 334 Å². The lowest BCUT2D eigenvalue weighted by atomic mass is 9.91. The number of amides is 11. The van der Waals surface area contributed by atoms with E-state index in [0.717, 1.165) is 22.6 Å². The van der Waals surface area contributed by atoms with E-state index in [-0.39, 0.29) is 74.7 Å². The van der Waals surface area contributed by atoms with Gasteiger partial charge in [0, 0.05) is 55.8 Å². The van der Waals surface area contributed by atoms with Crippen LogP contribution in [0.25, 0.3) is 11.0 Å². The molecule has 564 valence electrons. The second-order valence-corrected chi connectivity index (χ2v) is 30.2. The van der Waals surface area contributed by atoms with Gasteiger partial charge in [-0.2, -0.15) is 0 Å². The Morgan fingerprint density at radius 1 is 0.530 bits per heavy atom. The molecule has 1 aromatic heterocycles. The molecule has 27 heteroatoms. The average Bonchev–Trinajstić information content (AvgIpc) is 1.61. The van der Waals surface area contributed by atoms with Crippen molar-refractivity contribution in [3.63, 3.8) is 0 Å². The third-order valence-corrected chi connectivity index (χ3v) is 19.2. The standard InChI is InChI=1S/C73H123N13O14/c1-26-48(27-2)38-100-73(99)49-29-30-51-52(36-49)77-57(76-51)35-45(16)62(88)61-66(92)78-50(28-3)68(94)80(19)37-58(87)81(20)53(31-39(4)5)65(91)79-59(43(12)13)71(97)82(21)54(32-40(6)7)64(90)74-46(17)63(89)75-47(18)67(93)83(22)55(33-41(8)9)69(95)84(23)56(34-42(10)11)70(96)85(24)60(44(14)15)72(98)86(61)25/h29-30,36,39-48,50,53-56,59-62,88H,26-28,31-35,37-38H2,1-25H3,(H,74,90)(H,75,89)(H,76,77)(H,78,92)(H,79,91). The summed E-state index contributed by atoms with van der Waals surface area (Å²) in [5.74, 6) is -10.5. The van der Waals surface area contributed by atoms with E-state index in [4.69, 9.17) is 9.72 Å². The monoisotopic (exact) mass is 1410 g/mol. The Bertz CT molecular complexity index is 3150. The van der Waals surface area contributed by atoms with Crippen LogP contribution in [0.2, 0.25) is 0 Å². The fraction of sp³-hybridized carbons (Fsp3) is 0.740. The number of nitrogens with one attached hydrogen (secondary N) is 5. The van der Waals surface area contributed by atoms with Crippen LogP contribution >= 0.6 is 0 Å². The number of hydrogen-bond acceptors (Lipinski definition) is 15. The molecule has 6 N–H and O–H groups in total. The maximum absolute atomic E-state index is 15.6. The highest BCUT2D eigenvalue weighted by Crippen LogP contribution is 2.27. The van der Waals surface area contributed by atoms with Gasteiger partial charge in [-0.25, -0.2) is 9.78 Å². The van der Waals surface area contributed by atoms with E-state index in [1.807, 2.05) is 69.2 Å². The number of imidazole rings is 1. The SMILES string of the molecule is CCC(CC)COC(=O)c1ccc2nc(CC(C)C(O)C3C(=O)NC(CC)C(=O)N(C)CC(=O)N(C)C(CC(C)C)C(=O)NC(C(C)C)C(=O)N(C)C(CC(C)C)C(=O)NC(C)C(=O)NC(C)C(=O)N(C)C(CC(C)C)C(=O)N(C)C(CC(C)C)C(=O)N(C)C(C(C)C)C(=O)N3C)[nH]c2c1. The molecule has 1 saturated heterocycles. The normalized spacial score (nSPS) is 24.6. The van der Waals surface area contributed by atoms with Crippen LogP contribution in [-0.2, 0) is 63.9 Å². The highest BCUT2D eigenvalue weighted by atomic mass is 16.5. The molecule has 0 bridgehead atoms. The minimum atomic E-state index is -1.77. The van der Waals surface area contributed by atoms with Crippen LogP contribution < -0.4 is 21.3 Å². The molecule has 2 heterocycles. The van der Waals surface area contributed by atoms with E-state index >= 15 is 19.2 Å². The highest BCUT2D eigenvalue weighted by molar-refractivity contribution is 6.00. The highest BCUT2D eigenvalue weighted by Gasteiger charge is 2.46. The molecule has 2 aromatic rings. The summed E-state index contributed by atoms with van der Waals surface area (Å²) in [5.41, 5.74) is 1.30. The predicted octanol–water partition coefficient (Wildman–Crippen LogP) is 5.01. The van der Waals surface area contributed by atoms with Gasteiger partial charge in [0.1, 0.15) is 66.2 Å². The number of ether oxygens (including phenoxy) is 1. The van der Waals surface area contributed by atoms with Gasteiger partial charge in [0.15, 0.2) is 0 Å². The number of carbonyl (C=O) groups excluding carboxylic acids is 12. The molecule has 0 saturated carbocycles. The van der Waals surface area contributed by atoms with E-state index in [9.17, 15) is 43.5 Å². The van der Waals surface area contributed by atoms with Crippen LogP contribution in [-0.4, -0.2) is 249 Å². The number of hydrogen-bond donors (Lipinski definition) is 6. The second kappa shape index (κ2) is 38.9. The molecule has 1 aliphatic rings. The van der Waals surface area contributed by atoms with E-state index in [0.29, 0.717) is 22.4 Å². The Balaban J connectivity index is 2.33. The molecule has 0 radical (unpaired) electrons. The van der Waals surface area contributed by atoms with Crippen LogP contribution in [0, 0.1) is 47.3 Å². The molecule has 3 rings (SSSR count). The van der Waals surface area contributed by atoms with Gasteiger partial charge in [0.2, 0.25) is 65.0 Å². The number of aromatic amines is 1. The van der Waals surface area contributed by atoms with Crippen LogP contribution in [0.1, 0.15) is 186 Å². The zero-order valence-corrected chi connectivity index (χ0v) is 64.6. The third-order valence-electron chi connectivity index (χ3n) is 19.2. The molecule has 1 aromatic carbocycles. The Hall–Kier alpha value is -7.71. The van der Waals surface area contributed by atoms with Gasteiger partial charge in [-0.05, 0) is 111 Å². The number of aliphatic hydroxyl groups excluding tert-OH is 1. The number of fused-ring (bicyclic) bond motifs is 1. The molecule has 12 unspecified atom stereocenters. The van der Waals surface area contributed by atoms with Gasteiger partial charge < -0.3 is 70.4 Å². The van der Waals surface area contributed by atoms with Crippen LogP contribution in [0.5, 0.6) is 0 Å². The van der Waals surface area contributed by atoms with Crippen molar-refractivity contribution in [1.82, 2.24) is 65.5 Å². The van der Waals surface area contributed by atoms with Gasteiger partial charge in [-0.1, -0.05) is 124 Å². The lowest BCUT2D eigenvalue weighted by Crippen LogP contribution is -2.63. The summed E-state index contributed by atoms with van der Waals surface area (Å²) < 4.78 is 5.63. The number of rotatable bonds is 20. The summed E-state index contributed by atoms with van der Waals surface area (Å²) in [6, 6.07) is -8.01. The maximum atomic E-state index is 15.6. The molecule has 0 aliphatic carbocycles. The van der Waals surface area contributed by atoms with Crippen molar-refractivity contribution in [3.05, 3.63) is 29.6 Å². The minimum Gasteiger partial charge on any atom is -0.462 e. The molecule has 11 amide bonds. The van der Waals surface area contributed by atoms with Crippen molar-refractivity contribution in [1.29, 1.82) is 0 Å². The molecule has 100 heavy (non-hydrogen) atoms. The van der Waals surface area contributed by atoms with Gasteiger partial charge in [-0.3, -0.25) is 52.7 Å². The first-order valence-electron chi connectivity index (χ1n) is 35.9. The van der Waals surface area contributed by atoms with Crippen molar-refractivity contribution in [3.8, 4) is 0 Å². The van der Waals surface area contributed by atoms with Crippen LogP contribution in [0.15, 0.2) is 18.2 Å². The second-order valence-electron chi connectivity index (χ2n) is 30.2. The van der Waals surface area contributed by atoms with Crippen molar-refractivity contribution in [2.24, 2.45) is 47.3 Å². The first-order valence-corrected chi connectivity index (χ1v) is 35.9. The first-order chi connectivity index (χ1) is 46.5. The zero-order valence-electron chi connectivity index (χ0n) is 64.6. The molecule has 1 aliphatic heterocycles. The Morgan fingerprint density at radius 2 is 1.00 bits per heavy atom. The Labute approximate surface area is 594 Å². The van der Waals surface area contributed by atoms with Gasteiger partial charge >= 0.3 is 5.97 Å². The summed E-state index contributed by atoms with van der Waals surface area (Å²) in [6.45, 7) is 31.6. The van der Waals surface area contributed by atoms with Gasteiger partial charge in [-0.15, -0.1) is 0 Å². The molecule has 0 spiro atoms. The zero-order chi connectivity index (χ0) is 76.4. The summed E-state index contributed by atoms with van der Waals surface area (Å²) >= 11 is 0. The number of esters is 1. The number of likely N-dealkylation sites (N-methyl/N-ethyl adjacent to an activating group) is 7. The van der Waals surface area contributed by atoms with Crippen molar-refractivity contribution in [2.45, 2.75) is 243 Å². The van der Waals surface area contributed by atoms with E-state index < -0.39 is 162 Å². The summed E-state index contributed by atoms with van der Waals surface area (Å²) in [6.07, 6.45) is 0.453. The predicted molar refractivity (Wildman–Crippen MR) is 383 cm³/mol. The molecule has 27 nitrogen and oxygen atoms in total. The molecule has 12 atom stereocenters. The summed E-state index contributed by atoms with van der Waals surface area (Å²) in [4.78, 5) is 192. The van der Waals surface area contributed by atoms with Gasteiger partial charge in [0.25, 0.3) is 0 Å². The average molecular weight is 1410 g/mol. The number of nitrogens with zero attached hydrogens (tertiary/aromatic N) is 8. The van der Waals surface area contributed by atoms with Crippen LogP contribution in [0.4, 0.5) is 0 Å². The van der Waals surface area contributed by atoms with E-state index in [2.05, 4.69) is 26.3 Å². The van der Waals surface area contributed by atoms with Gasteiger partial charge in [0.05, 0.1) is 35.9 Å². The van der Waals surface area contributed by atoms with Crippen LogP contribution in [0.3, 0.4) is 0 Å². The van der Waals surface area contributed by atoms with Crippen molar-refractivity contribution in [2.75, 3.05) is 62.5 Å². The summed E-state index contributed by atoms with van der Waals surface area (Å²) in [5, 5.41) is 23.7. The van der Waals surface area contributed by atoms with Crippen molar-refractivity contribution >= 4 is 82.0 Å². The molecular weight excluding hydrogens is 1280 g/mol. The lowest BCUT2D eigenvalue weighted by Gasteiger charge is -2.41. The Morgan fingerprint density at radius 3 is 1.50 bits per heavy atom. The number of H-pyrrole nitrogens is 1. The minimum absolute atomic E-state index is 0.00221. The quantitative estimate of drug-likeness (QED) is 0.0949. The fourth-order valence-corrected chi connectivity index (χ4v) is 12.7. The number of aromatic nitrogens is 2. The first kappa shape index (κ1) is 86.5. The third kappa shape index (κ3) is 23.2. The summed E-state index contributed by atoms with van der Waals surface area (Å²) in [7, 11) is 9.80. The molecule has 1 fully saturated rings. The Kier molecular flexibility index (Phi) is 33.7. The van der Waals surface area contributed by atoms with Crippen molar-refractivity contribution < 1.29 is 67.4 Å². The largest absolute Gasteiger partial charge is 0.462 e. The van der Waals surface area contributed by atoms with E-state index in [1.54, 1.807) is 59.7 Å². The molecular formula is C73H123N13O14. The number of benzene rings is 1.